The van der Waals surface area contributed by atoms with E-state index in [-0.39, 0.29) is 5.84 Å². The smallest absolute Gasteiger partial charge is 0.141 e. The zero-order chi connectivity index (χ0) is 9.14. The van der Waals surface area contributed by atoms with Gasteiger partial charge in [-0.15, -0.1) is 0 Å². The first kappa shape index (κ1) is 8.77. The van der Waals surface area contributed by atoms with Gasteiger partial charge in [0.15, 0.2) is 0 Å². The van der Waals surface area contributed by atoms with E-state index in [1.807, 2.05) is 4.57 Å². The zero-order valence-corrected chi connectivity index (χ0v) is 7.41. The molecule has 0 atom stereocenters. The van der Waals surface area contributed by atoms with Crippen LogP contribution in [0.15, 0.2) is 12.5 Å². The Morgan fingerprint density at radius 2 is 2.42 bits per heavy atom. The Bertz CT molecular complexity index is 274. The van der Waals surface area contributed by atoms with Crippen molar-refractivity contribution in [3.63, 3.8) is 0 Å². The predicted molar refractivity (Wildman–Crippen MR) is 48.1 cm³/mol. The minimum atomic E-state index is 0.0770. The lowest BCUT2D eigenvalue weighted by atomic mass is 10.2. The molecule has 1 aromatic heterocycles. The van der Waals surface area contributed by atoms with Crippen molar-refractivity contribution in [2.75, 3.05) is 0 Å². The molecule has 4 nitrogen and oxygen atoms in total. The number of nitrogens with one attached hydrogen (secondary N) is 1. The van der Waals surface area contributed by atoms with Crippen LogP contribution in [0.1, 0.15) is 19.5 Å². The molecule has 0 amide bonds. The molecule has 0 aliphatic carbocycles. The van der Waals surface area contributed by atoms with Gasteiger partial charge in [0.25, 0.3) is 0 Å². The third kappa shape index (κ3) is 1.84. The standard InChI is InChI=1S/C8H14N4/c1-6(2)4-12-5-11-3-7(12)8(9)10/h3,5-6H,4H2,1-2H3,(H3,9,10). The Labute approximate surface area is 71.9 Å². The van der Waals surface area contributed by atoms with E-state index in [2.05, 4.69) is 18.8 Å². The zero-order valence-electron chi connectivity index (χ0n) is 7.41. The highest BCUT2D eigenvalue weighted by Crippen LogP contribution is 2.03. The van der Waals surface area contributed by atoms with Crippen molar-refractivity contribution < 1.29 is 0 Å². The predicted octanol–water partition coefficient (Wildman–Crippen LogP) is 0.823. The van der Waals surface area contributed by atoms with Crippen LogP contribution in [0.2, 0.25) is 0 Å². The molecule has 0 radical (unpaired) electrons. The number of imidazole rings is 1. The molecule has 0 aliphatic heterocycles. The Morgan fingerprint density at radius 3 is 2.92 bits per heavy atom. The van der Waals surface area contributed by atoms with E-state index in [0.29, 0.717) is 11.6 Å². The molecule has 0 saturated heterocycles. The summed E-state index contributed by atoms with van der Waals surface area (Å²) < 4.78 is 1.90. The van der Waals surface area contributed by atoms with Crippen molar-refractivity contribution in [3.8, 4) is 0 Å². The second-order valence-corrected chi connectivity index (χ2v) is 3.24. The third-order valence-electron chi connectivity index (χ3n) is 1.55. The lowest BCUT2D eigenvalue weighted by molar-refractivity contribution is 0.520. The summed E-state index contributed by atoms with van der Waals surface area (Å²) in [6.45, 7) is 5.09. The van der Waals surface area contributed by atoms with Gasteiger partial charge in [-0.3, -0.25) is 5.41 Å². The van der Waals surface area contributed by atoms with Crippen molar-refractivity contribution >= 4 is 5.84 Å². The highest BCUT2D eigenvalue weighted by atomic mass is 15.1. The molecule has 0 saturated carbocycles. The maximum Gasteiger partial charge on any atom is 0.141 e. The lowest BCUT2D eigenvalue weighted by Crippen LogP contribution is -2.18. The summed E-state index contributed by atoms with van der Waals surface area (Å²) in [6, 6.07) is 0. The molecular formula is C8H14N4. The summed E-state index contributed by atoms with van der Waals surface area (Å²) in [6.07, 6.45) is 3.32. The SMILES string of the molecule is CC(C)Cn1cncc1C(=N)N. The lowest BCUT2D eigenvalue weighted by Gasteiger charge is -2.08. The van der Waals surface area contributed by atoms with Gasteiger partial charge in [-0.25, -0.2) is 4.98 Å². The largest absolute Gasteiger partial charge is 0.382 e. The number of rotatable bonds is 3. The molecule has 0 aliphatic rings. The number of nitrogens with zero attached hydrogens (tertiary/aromatic N) is 2. The van der Waals surface area contributed by atoms with E-state index in [1.54, 1.807) is 12.5 Å². The fourth-order valence-electron chi connectivity index (χ4n) is 1.08. The van der Waals surface area contributed by atoms with Crippen molar-refractivity contribution in [2.45, 2.75) is 20.4 Å². The minimum absolute atomic E-state index is 0.0770. The number of hydrogen-bond acceptors (Lipinski definition) is 2. The van der Waals surface area contributed by atoms with Crippen molar-refractivity contribution in [2.24, 2.45) is 11.7 Å². The first-order valence-corrected chi connectivity index (χ1v) is 3.95. The van der Waals surface area contributed by atoms with Gasteiger partial charge in [0.2, 0.25) is 0 Å². The summed E-state index contributed by atoms with van der Waals surface area (Å²) in [5, 5.41) is 7.25. The molecule has 0 fully saturated rings. The van der Waals surface area contributed by atoms with Crippen LogP contribution in [0, 0.1) is 11.3 Å². The van der Waals surface area contributed by atoms with Gasteiger partial charge in [-0.1, -0.05) is 13.8 Å². The van der Waals surface area contributed by atoms with E-state index < -0.39 is 0 Å². The summed E-state index contributed by atoms with van der Waals surface area (Å²) in [5.74, 6) is 0.616. The van der Waals surface area contributed by atoms with Crippen LogP contribution in [-0.4, -0.2) is 15.4 Å². The number of aromatic nitrogens is 2. The second kappa shape index (κ2) is 3.38. The fraction of sp³-hybridized carbons (Fsp3) is 0.500. The first-order valence-electron chi connectivity index (χ1n) is 3.95. The number of hydrogen-bond donors (Lipinski definition) is 2. The first-order chi connectivity index (χ1) is 5.61. The van der Waals surface area contributed by atoms with Gasteiger partial charge < -0.3 is 10.3 Å². The molecule has 1 heterocycles. The Kier molecular flexibility index (Phi) is 2.47. The molecule has 0 unspecified atom stereocenters. The molecule has 0 bridgehead atoms. The highest BCUT2D eigenvalue weighted by Gasteiger charge is 2.05. The van der Waals surface area contributed by atoms with Crippen LogP contribution in [0.4, 0.5) is 0 Å². The van der Waals surface area contributed by atoms with E-state index in [4.69, 9.17) is 11.1 Å². The third-order valence-corrected chi connectivity index (χ3v) is 1.55. The summed E-state index contributed by atoms with van der Waals surface area (Å²) in [4.78, 5) is 3.94. The maximum atomic E-state index is 7.25. The number of nitrogen functional groups attached to an aromatic ring is 1. The highest BCUT2D eigenvalue weighted by molar-refractivity contribution is 5.93. The van der Waals surface area contributed by atoms with E-state index in [0.717, 1.165) is 6.54 Å². The van der Waals surface area contributed by atoms with Crippen molar-refractivity contribution in [1.82, 2.24) is 9.55 Å². The normalized spacial score (nSPS) is 10.6. The monoisotopic (exact) mass is 166 g/mol. The van der Waals surface area contributed by atoms with Gasteiger partial charge in [0.05, 0.1) is 12.5 Å². The van der Waals surface area contributed by atoms with Crippen LogP contribution in [-0.2, 0) is 6.54 Å². The minimum Gasteiger partial charge on any atom is -0.382 e. The van der Waals surface area contributed by atoms with E-state index in [1.165, 1.54) is 0 Å². The fourth-order valence-corrected chi connectivity index (χ4v) is 1.08. The topological polar surface area (TPSA) is 67.7 Å². The van der Waals surface area contributed by atoms with Crippen LogP contribution in [0.3, 0.4) is 0 Å². The van der Waals surface area contributed by atoms with Crippen molar-refractivity contribution in [1.29, 1.82) is 5.41 Å². The van der Waals surface area contributed by atoms with Crippen LogP contribution in [0.25, 0.3) is 0 Å². The van der Waals surface area contributed by atoms with Crippen LogP contribution < -0.4 is 5.73 Å². The summed E-state index contributed by atoms with van der Waals surface area (Å²) in [7, 11) is 0. The second-order valence-electron chi connectivity index (χ2n) is 3.24. The molecule has 4 heteroatoms. The molecule has 66 valence electrons. The molecule has 12 heavy (non-hydrogen) atoms. The molecule has 0 aromatic carbocycles. The summed E-state index contributed by atoms with van der Waals surface area (Å²) >= 11 is 0. The van der Waals surface area contributed by atoms with Crippen molar-refractivity contribution in [3.05, 3.63) is 18.2 Å². The number of nitrogens with two attached hydrogens (primary N) is 1. The van der Waals surface area contributed by atoms with Gasteiger partial charge in [-0.2, -0.15) is 0 Å². The van der Waals surface area contributed by atoms with E-state index in [9.17, 15) is 0 Å². The van der Waals surface area contributed by atoms with Gasteiger partial charge in [0, 0.05) is 6.54 Å². The van der Waals surface area contributed by atoms with Gasteiger partial charge in [0.1, 0.15) is 11.5 Å². The molecule has 1 aromatic rings. The van der Waals surface area contributed by atoms with Gasteiger partial charge in [-0.05, 0) is 5.92 Å². The Hall–Kier alpha value is -1.32. The number of amidine groups is 1. The average Bonchev–Trinajstić information content (AvgIpc) is 2.33. The Morgan fingerprint density at radius 1 is 1.75 bits per heavy atom. The average molecular weight is 166 g/mol. The maximum absolute atomic E-state index is 7.25. The quantitative estimate of drug-likeness (QED) is 0.515. The Balaban J connectivity index is 2.84. The van der Waals surface area contributed by atoms with E-state index >= 15 is 0 Å². The molecule has 0 spiro atoms. The molecule has 3 N–H and O–H groups in total. The molecule has 1 rings (SSSR count). The summed E-state index contributed by atoms with van der Waals surface area (Å²) in [5.41, 5.74) is 6.06. The van der Waals surface area contributed by atoms with Crippen LogP contribution >= 0.6 is 0 Å². The molecular weight excluding hydrogens is 152 g/mol. The van der Waals surface area contributed by atoms with Crippen LogP contribution in [0.5, 0.6) is 0 Å². The van der Waals surface area contributed by atoms with Gasteiger partial charge >= 0.3 is 0 Å².